The number of hydrogen-bond donors (Lipinski definition) is 1. The first-order valence-corrected chi connectivity index (χ1v) is 10.4. The van der Waals surface area contributed by atoms with Crippen LogP contribution in [0, 0.1) is 0 Å². The van der Waals surface area contributed by atoms with E-state index in [9.17, 15) is 0 Å². The van der Waals surface area contributed by atoms with Crippen LogP contribution < -0.4 is 5.32 Å². The van der Waals surface area contributed by atoms with E-state index >= 15 is 0 Å². The van der Waals surface area contributed by atoms with Gasteiger partial charge in [-0.3, -0.25) is 4.98 Å². The van der Waals surface area contributed by atoms with Crippen LogP contribution >= 0.6 is 0 Å². The van der Waals surface area contributed by atoms with Crippen molar-refractivity contribution in [1.82, 2.24) is 25.1 Å². The van der Waals surface area contributed by atoms with Crippen molar-refractivity contribution in [2.24, 2.45) is 0 Å². The van der Waals surface area contributed by atoms with Crippen molar-refractivity contribution in [3.63, 3.8) is 0 Å². The number of rotatable bonds is 6. The average molecular weight is 387 g/mol. The highest BCUT2D eigenvalue weighted by molar-refractivity contribution is 5.77. The molecule has 0 radical (unpaired) electrons. The van der Waals surface area contributed by atoms with E-state index in [1.54, 1.807) is 6.20 Å². The number of pyridine rings is 1. The first-order chi connectivity index (χ1) is 14.4. The molecule has 1 aliphatic rings. The molecule has 0 fully saturated rings. The average Bonchev–Trinajstić information content (AvgIpc) is 3.28. The fourth-order valence-electron chi connectivity index (χ4n) is 4.13. The number of fused-ring (bicyclic) bond motifs is 2. The predicted molar refractivity (Wildman–Crippen MR) is 112 cm³/mol. The molecule has 0 amide bonds. The highest BCUT2D eigenvalue weighted by Gasteiger charge is 2.20. The smallest absolute Gasteiger partial charge is 0.134 e. The molecular weight excluding hydrogens is 362 g/mol. The van der Waals surface area contributed by atoms with Gasteiger partial charge in [0.15, 0.2) is 0 Å². The zero-order valence-corrected chi connectivity index (χ0v) is 16.4. The van der Waals surface area contributed by atoms with Crippen LogP contribution in [0.4, 0.5) is 0 Å². The minimum absolute atomic E-state index is 0.0531. The van der Waals surface area contributed by atoms with Gasteiger partial charge in [-0.2, -0.15) is 0 Å². The summed E-state index contributed by atoms with van der Waals surface area (Å²) in [4.78, 5) is 4.30. The van der Waals surface area contributed by atoms with Crippen molar-refractivity contribution in [3.8, 4) is 0 Å². The van der Waals surface area contributed by atoms with Gasteiger partial charge in [0.05, 0.1) is 6.04 Å². The molecule has 1 atom stereocenters. The Morgan fingerprint density at radius 3 is 2.93 bits per heavy atom. The molecule has 0 saturated heterocycles. The molecule has 1 N–H and O–H groups in total. The van der Waals surface area contributed by atoms with Crippen LogP contribution in [0.2, 0.25) is 0 Å². The van der Waals surface area contributed by atoms with E-state index in [-0.39, 0.29) is 6.04 Å². The van der Waals surface area contributed by atoms with Crippen LogP contribution in [-0.2, 0) is 19.4 Å². The minimum atomic E-state index is -0.0531. The van der Waals surface area contributed by atoms with E-state index in [1.165, 1.54) is 19.3 Å². The lowest BCUT2D eigenvalue weighted by Gasteiger charge is -2.17. The van der Waals surface area contributed by atoms with Gasteiger partial charge in [-0.1, -0.05) is 30.7 Å². The molecule has 1 aromatic carbocycles. The summed E-state index contributed by atoms with van der Waals surface area (Å²) < 4.78 is 8.47. The molecule has 6 nitrogen and oxygen atoms in total. The molecule has 4 heterocycles. The van der Waals surface area contributed by atoms with Gasteiger partial charge in [-0.25, -0.2) is 0 Å². The number of hydrogen-bond acceptors (Lipinski definition) is 5. The molecular formula is C23H25N5O. The molecule has 6 heteroatoms. The summed E-state index contributed by atoms with van der Waals surface area (Å²) in [7, 11) is 0. The van der Waals surface area contributed by atoms with Crippen LogP contribution in [0.5, 0.6) is 0 Å². The first-order valence-electron chi connectivity index (χ1n) is 10.4. The van der Waals surface area contributed by atoms with Crippen molar-refractivity contribution < 1.29 is 4.42 Å². The lowest BCUT2D eigenvalue weighted by atomic mass is 10.1. The summed E-state index contributed by atoms with van der Waals surface area (Å²) >= 11 is 0. The molecule has 1 aliphatic heterocycles. The molecule has 148 valence electrons. The maximum Gasteiger partial charge on any atom is 0.134 e. The van der Waals surface area contributed by atoms with E-state index in [4.69, 9.17) is 4.42 Å². The topological polar surface area (TPSA) is 68.8 Å². The molecule has 4 aromatic rings. The number of aryl methyl sites for hydroxylation is 1. The van der Waals surface area contributed by atoms with Gasteiger partial charge in [0, 0.05) is 43.7 Å². The Balaban J connectivity index is 1.36. The van der Waals surface area contributed by atoms with Crippen molar-refractivity contribution in [2.75, 3.05) is 6.54 Å². The Kier molecular flexibility index (Phi) is 5.09. The maximum atomic E-state index is 6.16. The summed E-state index contributed by atoms with van der Waals surface area (Å²) in [6, 6.07) is 14.2. The van der Waals surface area contributed by atoms with Gasteiger partial charge >= 0.3 is 0 Å². The summed E-state index contributed by atoms with van der Waals surface area (Å²) in [6.45, 7) is 1.82. The van der Waals surface area contributed by atoms with Gasteiger partial charge in [0.25, 0.3) is 0 Å². The Bertz CT molecular complexity index is 1050. The van der Waals surface area contributed by atoms with Gasteiger partial charge < -0.3 is 14.3 Å². The van der Waals surface area contributed by atoms with E-state index in [0.29, 0.717) is 0 Å². The molecule has 5 rings (SSSR count). The van der Waals surface area contributed by atoms with E-state index in [1.807, 2.05) is 30.5 Å². The highest BCUT2D eigenvalue weighted by Crippen LogP contribution is 2.28. The normalized spacial score (nSPS) is 15.2. The molecule has 0 spiro atoms. The van der Waals surface area contributed by atoms with Crippen LogP contribution in [0.3, 0.4) is 0 Å². The highest BCUT2D eigenvalue weighted by atomic mass is 16.3. The summed E-state index contributed by atoms with van der Waals surface area (Å²) in [6.07, 6.45) is 9.27. The Hall–Kier alpha value is -2.99. The van der Waals surface area contributed by atoms with Gasteiger partial charge in [-0.05, 0) is 36.6 Å². The molecule has 0 saturated carbocycles. The third kappa shape index (κ3) is 3.80. The number of nitrogens with one attached hydrogen (secondary N) is 1. The lowest BCUT2D eigenvalue weighted by Crippen LogP contribution is -2.25. The molecule has 0 bridgehead atoms. The number of nitrogens with zero attached hydrogens (tertiary/aromatic N) is 4. The first kappa shape index (κ1) is 18.1. The van der Waals surface area contributed by atoms with Crippen LogP contribution in [0.1, 0.15) is 48.3 Å². The monoisotopic (exact) mass is 387 g/mol. The summed E-state index contributed by atoms with van der Waals surface area (Å²) in [5.41, 5.74) is 1.99. The number of para-hydroxylation sites is 1. The minimum Gasteiger partial charge on any atom is -0.459 e. The lowest BCUT2D eigenvalue weighted by molar-refractivity contribution is 0.466. The van der Waals surface area contributed by atoms with E-state index in [0.717, 1.165) is 59.9 Å². The Morgan fingerprint density at radius 1 is 1.07 bits per heavy atom. The van der Waals surface area contributed by atoms with Gasteiger partial charge in [-0.15, -0.1) is 10.2 Å². The van der Waals surface area contributed by atoms with Crippen molar-refractivity contribution in [3.05, 3.63) is 77.8 Å². The van der Waals surface area contributed by atoms with Gasteiger partial charge in [0.1, 0.15) is 23.0 Å². The second kappa shape index (κ2) is 8.17. The fourth-order valence-corrected chi connectivity index (χ4v) is 4.13. The van der Waals surface area contributed by atoms with E-state index in [2.05, 4.69) is 43.3 Å². The van der Waals surface area contributed by atoms with Crippen molar-refractivity contribution in [2.45, 2.75) is 44.7 Å². The Labute approximate surface area is 170 Å². The molecule has 0 aliphatic carbocycles. The van der Waals surface area contributed by atoms with Gasteiger partial charge in [0.2, 0.25) is 0 Å². The zero-order valence-electron chi connectivity index (χ0n) is 16.4. The Morgan fingerprint density at radius 2 is 2.03 bits per heavy atom. The van der Waals surface area contributed by atoms with E-state index < -0.39 is 0 Å². The third-order valence-corrected chi connectivity index (χ3v) is 5.63. The van der Waals surface area contributed by atoms with Crippen molar-refractivity contribution >= 4 is 11.0 Å². The fraction of sp³-hybridized carbons (Fsp3) is 0.348. The number of aromatic nitrogens is 4. The standard InChI is InChI=1S/C23H25N5O/c1-2-10-21-26-27-22(28(21)14-5-1)11-13-25-23(18-8-6-12-24-16-18)20-15-17-7-3-4-9-19(17)29-20/h3-4,6-9,12,15-16,23,25H,1-2,5,10-11,13-14H2/t23-/m0/s1. The number of furan rings is 1. The van der Waals surface area contributed by atoms with Crippen molar-refractivity contribution in [1.29, 1.82) is 0 Å². The molecule has 29 heavy (non-hydrogen) atoms. The SMILES string of the molecule is c1cncc([C@H](NCCc2nnc3n2CCCCC3)c2cc3ccccc3o2)c1. The summed E-state index contributed by atoms with van der Waals surface area (Å²) in [5, 5.41) is 13.6. The van der Waals surface area contributed by atoms with Crippen LogP contribution in [0.25, 0.3) is 11.0 Å². The second-order valence-electron chi connectivity index (χ2n) is 7.60. The quantitative estimate of drug-likeness (QED) is 0.540. The van der Waals surface area contributed by atoms with Crippen LogP contribution in [-0.4, -0.2) is 26.3 Å². The van der Waals surface area contributed by atoms with Crippen LogP contribution in [0.15, 0.2) is 59.3 Å². The second-order valence-corrected chi connectivity index (χ2v) is 7.60. The molecule has 3 aromatic heterocycles. The maximum absolute atomic E-state index is 6.16. The zero-order chi connectivity index (χ0) is 19.5. The summed E-state index contributed by atoms with van der Waals surface area (Å²) in [5.74, 6) is 3.11. The predicted octanol–water partition coefficient (Wildman–Crippen LogP) is 4.07. The third-order valence-electron chi connectivity index (χ3n) is 5.63. The largest absolute Gasteiger partial charge is 0.459 e. The number of benzene rings is 1. The molecule has 0 unspecified atom stereocenters.